The largest absolute Gasteiger partial charge is 0.295 e. The quantitative estimate of drug-likeness (QED) is 0.915. The molecular formula is C13H19N3O2S. The molecule has 1 saturated heterocycles. The SMILES string of the molecule is CCc1[nH]nc(N2CC(CSC(C)=O)CC2=O)c1C. The van der Waals surface area contributed by atoms with Crippen molar-refractivity contribution in [2.75, 3.05) is 17.2 Å². The van der Waals surface area contributed by atoms with E-state index in [4.69, 9.17) is 0 Å². The highest BCUT2D eigenvalue weighted by molar-refractivity contribution is 8.13. The Morgan fingerprint density at radius 3 is 2.89 bits per heavy atom. The lowest BCUT2D eigenvalue weighted by molar-refractivity contribution is -0.117. The molecule has 2 heterocycles. The van der Waals surface area contributed by atoms with Gasteiger partial charge in [0.25, 0.3) is 0 Å². The maximum absolute atomic E-state index is 12.1. The number of thioether (sulfide) groups is 1. The molecular weight excluding hydrogens is 262 g/mol. The molecule has 0 radical (unpaired) electrons. The van der Waals surface area contributed by atoms with Gasteiger partial charge in [-0.15, -0.1) is 0 Å². The summed E-state index contributed by atoms with van der Waals surface area (Å²) >= 11 is 1.30. The Morgan fingerprint density at radius 1 is 1.58 bits per heavy atom. The maximum atomic E-state index is 12.1. The number of anilines is 1. The molecule has 1 aromatic heterocycles. The molecule has 1 aliphatic heterocycles. The molecule has 1 fully saturated rings. The molecule has 2 rings (SSSR count). The van der Waals surface area contributed by atoms with Gasteiger partial charge in [0.1, 0.15) is 0 Å². The second kappa shape index (κ2) is 5.77. The van der Waals surface area contributed by atoms with E-state index < -0.39 is 0 Å². The Hall–Kier alpha value is -1.30. The summed E-state index contributed by atoms with van der Waals surface area (Å²) in [4.78, 5) is 24.8. The fourth-order valence-electron chi connectivity index (χ4n) is 2.36. The molecule has 0 aromatic carbocycles. The number of hydrogen-bond donors (Lipinski definition) is 1. The van der Waals surface area contributed by atoms with Crippen LogP contribution in [-0.4, -0.2) is 33.5 Å². The van der Waals surface area contributed by atoms with E-state index in [-0.39, 0.29) is 16.9 Å². The Balaban J connectivity index is 2.07. The van der Waals surface area contributed by atoms with Crippen LogP contribution in [0, 0.1) is 12.8 Å². The van der Waals surface area contributed by atoms with Gasteiger partial charge < -0.3 is 0 Å². The highest BCUT2D eigenvalue weighted by Gasteiger charge is 2.33. The highest BCUT2D eigenvalue weighted by Crippen LogP contribution is 2.29. The molecule has 0 spiro atoms. The number of carbonyl (C=O) groups is 2. The molecule has 1 unspecified atom stereocenters. The first-order valence-electron chi connectivity index (χ1n) is 6.50. The van der Waals surface area contributed by atoms with Gasteiger partial charge in [-0.1, -0.05) is 18.7 Å². The van der Waals surface area contributed by atoms with Crippen molar-refractivity contribution in [1.29, 1.82) is 0 Å². The Morgan fingerprint density at radius 2 is 2.32 bits per heavy atom. The highest BCUT2D eigenvalue weighted by atomic mass is 32.2. The van der Waals surface area contributed by atoms with Crippen LogP contribution in [0.3, 0.4) is 0 Å². The number of aromatic amines is 1. The van der Waals surface area contributed by atoms with Gasteiger partial charge in [-0.25, -0.2) is 0 Å². The van der Waals surface area contributed by atoms with Crippen LogP contribution in [0.15, 0.2) is 0 Å². The zero-order valence-electron chi connectivity index (χ0n) is 11.5. The van der Waals surface area contributed by atoms with Crippen LogP contribution in [-0.2, 0) is 16.0 Å². The Bertz CT molecular complexity index is 498. The molecule has 0 aliphatic carbocycles. The summed E-state index contributed by atoms with van der Waals surface area (Å²) in [5.41, 5.74) is 2.13. The fraction of sp³-hybridized carbons (Fsp3) is 0.615. The summed E-state index contributed by atoms with van der Waals surface area (Å²) in [6, 6.07) is 0. The van der Waals surface area contributed by atoms with Crippen LogP contribution in [0.5, 0.6) is 0 Å². The molecule has 104 valence electrons. The van der Waals surface area contributed by atoms with E-state index in [2.05, 4.69) is 17.1 Å². The third-order valence-electron chi connectivity index (χ3n) is 3.42. The summed E-state index contributed by atoms with van der Waals surface area (Å²) in [6.45, 7) is 6.27. The number of nitrogens with zero attached hydrogens (tertiary/aromatic N) is 2. The van der Waals surface area contributed by atoms with Gasteiger partial charge in [0.05, 0.1) is 0 Å². The average Bonchev–Trinajstić information content (AvgIpc) is 2.90. The number of carbonyl (C=O) groups excluding carboxylic acids is 2. The predicted octanol–water partition coefficient (Wildman–Crippen LogP) is 1.91. The third-order valence-corrected chi connectivity index (χ3v) is 4.47. The lowest BCUT2D eigenvalue weighted by Crippen LogP contribution is -2.25. The number of amides is 1. The summed E-state index contributed by atoms with van der Waals surface area (Å²) < 4.78 is 0. The minimum absolute atomic E-state index is 0.103. The van der Waals surface area contributed by atoms with Gasteiger partial charge in [-0.3, -0.25) is 19.6 Å². The second-order valence-corrected chi connectivity index (χ2v) is 6.08. The smallest absolute Gasteiger partial charge is 0.228 e. The molecule has 5 nitrogen and oxygen atoms in total. The first kappa shape index (κ1) is 14.1. The van der Waals surface area contributed by atoms with Gasteiger partial charge in [-0.2, -0.15) is 5.10 Å². The number of nitrogens with one attached hydrogen (secondary N) is 1. The molecule has 1 aromatic rings. The zero-order valence-corrected chi connectivity index (χ0v) is 12.3. The van der Waals surface area contributed by atoms with Gasteiger partial charge in [0, 0.05) is 36.9 Å². The number of H-pyrrole nitrogens is 1. The van der Waals surface area contributed by atoms with Gasteiger partial charge >= 0.3 is 0 Å². The van der Waals surface area contributed by atoms with Crippen LogP contribution in [0.2, 0.25) is 0 Å². The van der Waals surface area contributed by atoms with Gasteiger partial charge in [0.15, 0.2) is 10.9 Å². The van der Waals surface area contributed by atoms with Crippen LogP contribution < -0.4 is 4.90 Å². The van der Waals surface area contributed by atoms with E-state index in [1.807, 2.05) is 6.92 Å². The third kappa shape index (κ3) is 3.00. The molecule has 1 N–H and O–H groups in total. The van der Waals surface area contributed by atoms with Crippen molar-refractivity contribution in [3.05, 3.63) is 11.3 Å². The molecule has 1 amide bonds. The van der Waals surface area contributed by atoms with E-state index in [9.17, 15) is 9.59 Å². The van der Waals surface area contributed by atoms with E-state index in [0.29, 0.717) is 18.7 Å². The van der Waals surface area contributed by atoms with Crippen molar-refractivity contribution in [3.63, 3.8) is 0 Å². The molecule has 0 bridgehead atoms. The van der Waals surface area contributed by atoms with E-state index in [1.54, 1.807) is 11.8 Å². The van der Waals surface area contributed by atoms with E-state index in [1.165, 1.54) is 11.8 Å². The normalized spacial score (nSPS) is 19.2. The Kier molecular flexibility index (Phi) is 4.29. The summed E-state index contributed by atoms with van der Waals surface area (Å²) in [7, 11) is 0. The number of hydrogen-bond acceptors (Lipinski definition) is 4. The molecule has 1 atom stereocenters. The number of aryl methyl sites for hydroxylation is 1. The van der Waals surface area contributed by atoms with Crippen molar-refractivity contribution in [1.82, 2.24) is 10.2 Å². The number of aromatic nitrogens is 2. The lowest BCUT2D eigenvalue weighted by atomic mass is 10.1. The second-order valence-electron chi connectivity index (χ2n) is 4.88. The van der Waals surface area contributed by atoms with Crippen LogP contribution in [0.25, 0.3) is 0 Å². The van der Waals surface area contributed by atoms with Crippen molar-refractivity contribution < 1.29 is 9.59 Å². The van der Waals surface area contributed by atoms with Crippen molar-refractivity contribution in [2.24, 2.45) is 5.92 Å². The number of rotatable bonds is 4. The topological polar surface area (TPSA) is 66.1 Å². The summed E-state index contributed by atoms with van der Waals surface area (Å²) in [5.74, 6) is 1.80. The predicted molar refractivity (Wildman–Crippen MR) is 76.3 cm³/mol. The van der Waals surface area contributed by atoms with Crippen LogP contribution in [0.1, 0.15) is 31.5 Å². The van der Waals surface area contributed by atoms with Crippen LogP contribution in [0.4, 0.5) is 5.82 Å². The van der Waals surface area contributed by atoms with Gasteiger partial charge in [0.2, 0.25) is 5.91 Å². The minimum atomic E-state index is 0.103. The standard InChI is InChI=1S/C13H19N3O2S/c1-4-11-8(2)13(15-14-11)16-6-10(5-12(16)18)7-19-9(3)17/h10H,4-7H2,1-3H3,(H,14,15). The van der Waals surface area contributed by atoms with Crippen molar-refractivity contribution in [3.8, 4) is 0 Å². The molecule has 0 saturated carbocycles. The lowest BCUT2D eigenvalue weighted by Gasteiger charge is -2.14. The monoisotopic (exact) mass is 281 g/mol. The van der Waals surface area contributed by atoms with Crippen molar-refractivity contribution >= 4 is 28.6 Å². The summed E-state index contributed by atoms with van der Waals surface area (Å²) in [5, 5.41) is 7.34. The zero-order chi connectivity index (χ0) is 14.0. The summed E-state index contributed by atoms with van der Waals surface area (Å²) in [6.07, 6.45) is 1.39. The average molecular weight is 281 g/mol. The minimum Gasteiger partial charge on any atom is -0.295 e. The first-order chi connectivity index (χ1) is 9.02. The van der Waals surface area contributed by atoms with Gasteiger partial charge in [-0.05, 0) is 19.3 Å². The van der Waals surface area contributed by atoms with E-state index in [0.717, 1.165) is 23.5 Å². The molecule has 6 heteroatoms. The maximum Gasteiger partial charge on any atom is 0.228 e. The van der Waals surface area contributed by atoms with Crippen LogP contribution >= 0.6 is 11.8 Å². The van der Waals surface area contributed by atoms with E-state index >= 15 is 0 Å². The van der Waals surface area contributed by atoms with Crippen molar-refractivity contribution in [2.45, 2.75) is 33.6 Å². The Labute approximate surface area is 117 Å². The molecule has 19 heavy (non-hydrogen) atoms. The fourth-order valence-corrected chi connectivity index (χ4v) is 3.06. The first-order valence-corrected chi connectivity index (χ1v) is 7.49. The molecule has 1 aliphatic rings.